The van der Waals surface area contributed by atoms with Gasteiger partial charge in [0.25, 0.3) is 0 Å². The maximum Gasteiger partial charge on any atom is 0.323 e. The molecular weight excluding hydrogens is 323 g/mol. The Labute approximate surface area is 143 Å². The molecule has 1 aromatic carbocycles. The monoisotopic (exact) mass is 342 g/mol. The third-order valence-electron chi connectivity index (χ3n) is 4.63. The van der Waals surface area contributed by atoms with E-state index in [9.17, 15) is 9.18 Å². The highest BCUT2D eigenvalue weighted by Gasteiger charge is 2.23. The first-order valence-corrected chi connectivity index (χ1v) is 8.37. The van der Waals surface area contributed by atoms with Gasteiger partial charge in [0.2, 0.25) is 0 Å². The number of halogens is 1. The first kappa shape index (κ1) is 15.6. The number of fused-ring (bicyclic) bond motifs is 1. The van der Waals surface area contributed by atoms with E-state index in [0.29, 0.717) is 31.0 Å². The van der Waals surface area contributed by atoms with Gasteiger partial charge < -0.3 is 19.8 Å². The van der Waals surface area contributed by atoms with Crippen LogP contribution in [-0.2, 0) is 6.42 Å². The van der Waals surface area contributed by atoms with Crippen molar-refractivity contribution in [3.63, 3.8) is 0 Å². The van der Waals surface area contributed by atoms with Crippen molar-refractivity contribution in [1.29, 1.82) is 0 Å². The van der Waals surface area contributed by atoms with Crippen LogP contribution in [-0.4, -0.2) is 46.1 Å². The molecule has 1 saturated heterocycles. The molecule has 7 nitrogen and oxygen atoms in total. The van der Waals surface area contributed by atoms with Crippen molar-refractivity contribution in [3.8, 4) is 0 Å². The quantitative estimate of drug-likeness (QED) is 0.757. The molecule has 130 valence electrons. The van der Waals surface area contributed by atoms with Gasteiger partial charge in [-0.15, -0.1) is 0 Å². The minimum Gasteiger partial charge on any atom is -0.366 e. The van der Waals surface area contributed by atoms with E-state index in [-0.39, 0.29) is 11.5 Å². The Balaban J connectivity index is 1.56. The second-order valence-corrected chi connectivity index (χ2v) is 6.06. The number of nitrogens with one attached hydrogen (secondary N) is 2. The van der Waals surface area contributed by atoms with Crippen molar-refractivity contribution in [2.24, 2.45) is 0 Å². The molecule has 0 atom stereocenters. The average Bonchev–Trinajstić information content (AvgIpc) is 3.02. The highest BCUT2D eigenvalue weighted by atomic mass is 19.1. The third-order valence-corrected chi connectivity index (χ3v) is 4.63. The topological polar surface area (TPSA) is 80.9 Å². The zero-order chi connectivity index (χ0) is 17.4. The Morgan fingerprint density at radius 2 is 1.88 bits per heavy atom. The fourth-order valence-corrected chi connectivity index (χ4v) is 3.33. The summed E-state index contributed by atoms with van der Waals surface area (Å²) in [6.07, 6.45) is 1.97. The summed E-state index contributed by atoms with van der Waals surface area (Å²) >= 11 is 0. The van der Waals surface area contributed by atoms with E-state index in [4.69, 9.17) is 0 Å². The lowest BCUT2D eigenvalue weighted by molar-refractivity contribution is 0.569. The Morgan fingerprint density at radius 3 is 2.64 bits per heavy atom. The number of para-hydroxylation sites is 1. The van der Waals surface area contributed by atoms with Crippen molar-refractivity contribution in [2.75, 3.05) is 36.0 Å². The Kier molecular flexibility index (Phi) is 3.87. The van der Waals surface area contributed by atoms with Crippen LogP contribution in [0.25, 0.3) is 11.0 Å². The van der Waals surface area contributed by atoms with E-state index in [1.165, 1.54) is 6.33 Å². The molecule has 0 radical (unpaired) electrons. The fraction of sp³-hybridized carbons (Fsp3) is 0.353. The molecule has 3 heterocycles. The Bertz CT molecular complexity index is 957. The summed E-state index contributed by atoms with van der Waals surface area (Å²) in [5.74, 6) is 0.0512. The highest BCUT2D eigenvalue weighted by Crippen LogP contribution is 2.26. The van der Waals surface area contributed by atoms with Gasteiger partial charge in [-0.1, -0.05) is 13.0 Å². The fourth-order valence-electron chi connectivity index (χ4n) is 3.33. The van der Waals surface area contributed by atoms with Gasteiger partial charge in [0, 0.05) is 26.2 Å². The smallest absolute Gasteiger partial charge is 0.323 e. The lowest BCUT2D eigenvalue weighted by Crippen LogP contribution is -2.47. The lowest BCUT2D eigenvalue weighted by atomic mass is 10.2. The molecule has 2 aromatic heterocycles. The molecule has 0 saturated carbocycles. The van der Waals surface area contributed by atoms with Crippen LogP contribution < -0.4 is 15.5 Å². The number of piperazine rings is 1. The summed E-state index contributed by atoms with van der Waals surface area (Å²) < 4.78 is 14.5. The van der Waals surface area contributed by atoms with Crippen molar-refractivity contribution in [2.45, 2.75) is 13.3 Å². The average molecular weight is 342 g/mol. The summed E-state index contributed by atoms with van der Waals surface area (Å²) in [6, 6.07) is 5.78. The SMILES string of the molecule is CCc1ncnc(N2CCN(c3cccc4[nH]c(=O)[nH]c34)CC2)c1F. The number of anilines is 2. The summed E-state index contributed by atoms with van der Waals surface area (Å²) in [7, 11) is 0. The van der Waals surface area contributed by atoms with Crippen LogP contribution in [0.15, 0.2) is 29.3 Å². The summed E-state index contributed by atoms with van der Waals surface area (Å²) in [5.41, 5.74) is 2.81. The standard InChI is InChI=1S/C17H19FN6O/c1-2-11-14(18)16(20-10-19-11)24-8-6-23(7-9-24)13-5-3-4-12-15(13)22-17(25)21-12/h3-5,10H,2,6-9H2,1H3,(H2,21,22,25). The molecule has 1 aliphatic heterocycles. The van der Waals surface area contributed by atoms with E-state index in [1.807, 2.05) is 30.0 Å². The third kappa shape index (κ3) is 2.73. The van der Waals surface area contributed by atoms with Crippen LogP contribution >= 0.6 is 0 Å². The van der Waals surface area contributed by atoms with E-state index >= 15 is 0 Å². The summed E-state index contributed by atoms with van der Waals surface area (Å²) in [6.45, 7) is 4.63. The second-order valence-electron chi connectivity index (χ2n) is 6.06. The van der Waals surface area contributed by atoms with Crippen LogP contribution in [0, 0.1) is 5.82 Å². The van der Waals surface area contributed by atoms with Crippen molar-refractivity contribution < 1.29 is 4.39 Å². The number of imidazole rings is 1. The maximum absolute atomic E-state index is 14.5. The van der Waals surface area contributed by atoms with Gasteiger partial charge in [-0.25, -0.2) is 19.2 Å². The summed E-state index contributed by atoms with van der Waals surface area (Å²) in [5, 5.41) is 0. The van der Waals surface area contributed by atoms with Crippen molar-refractivity contribution >= 4 is 22.5 Å². The number of nitrogens with zero attached hydrogens (tertiary/aromatic N) is 4. The van der Waals surface area contributed by atoms with E-state index < -0.39 is 0 Å². The van der Waals surface area contributed by atoms with Crippen LogP contribution in [0.5, 0.6) is 0 Å². The first-order valence-electron chi connectivity index (χ1n) is 8.37. The van der Waals surface area contributed by atoms with Gasteiger partial charge in [-0.05, 0) is 18.6 Å². The van der Waals surface area contributed by atoms with E-state index in [2.05, 4.69) is 24.8 Å². The number of rotatable bonds is 3. The number of H-pyrrole nitrogens is 2. The number of hydrogen-bond donors (Lipinski definition) is 2. The van der Waals surface area contributed by atoms with Crippen molar-refractivity contribution in [3.05, 3.63) is 46.5 Å². The van der Waals surface area contributed by atoms with Crippen molar-refractivity contribution in [1.82, 2.24) is 19.9 Å². The van der Waals surface area contributed by atoms with Gasteiger partial charge in [0.1, 0.15) is 6.33 Å². The molecule has 0 spiro atoms. The predicted octanol–water partition coefficient (Wildman–Crippen LogP) is 1.67. The molecule has 0 amide bonds. The molecule has 8 heteroatoms. The zero-order valence-corrected chi connectivity index (χ0v) is 13.9. The number of aromatic nitrogens is 4. The molecular formula is C17H19FN6O. The van der Waals surface area contributed by atoms with Crippen LogP contribution in [0.3, 0.4) is 0 Å². The highest BCUT2D eigenvalue weighted by molar-refractivity contribution is 5.88. The molecule has 1 fully saturated rings. The van der Waals surface area contributed by atoms with Gasteiger partial charge in [-0.2, -0.15) is 0 Å². The molecule has 3 aromatic rings. The van der Waals surface area contributed by atoms with Gasteiger partial charge >= 0.3 is 5.69 Å². The second kappa shape index (κ2) is 6.19. The molecule has 0 bridgehead atoms. The Hall–Kier alpha value is -2.90. The van der Waals surface area contributed by atoms with Gasteiger partial charge in [-0.3, -0.25) is 0 Å². The Morgan fingerprint density at radius 1 is 1.12 bits per heavy atom. The molecule has 2 N–H and O–H groups in total. The molecule has 0 aliphatic carbocycles. The normalized spacial score (nSPS) is 15.1. The number of aromatic amines is 2. The molecule has 25 heavy (non-hydrogen) atoms. The summed E-state index contributed by atoms with van der Waals surface area (Å²) in [4.78, 5) is 29.5. The first-order chi connectivity index (χ1) is 12.2. The number of benzene rings is 1. The molecule has 4 rings (SSSR count). The van der Waals surface area contributed by atoms with Gasteiger partial charge in [0.15, 0.2) is 11.6 Å². The van der Waals surface area contributed by atoms with Gasteiger partial charge in [0.05, 0.1) is 22.4 Å². The minimum absolute atomic E-state index is 0.212. The van der Waals surface area contributed by atoms with Crippen LogP contribution in [0.1, 0.15) is 12.6 Å². The largest absolute Gasteiger partial charge is 0.366 e. The van der Waals surface area contributed by atoms with E-state index in [0.717, 1.165) is 29.8 Å². The van der Waals surface area contributed by atoms with Crippen LogP contribution in [0.2, 0.25) is 0 Å². The number of hydrogen-bond acceptors (Lipinski definition) is 5. The minimum atomic E-state index is -0.324. The lowest BCUT2D eigenvalue weighted by Gasteiger charge is -2.37. The van der Waals surface area contributed by atoms with Crippen LogP contribution in [0.4, 0.5) is 15.9 Å². The maximum atomic E-state index is 14.5. The molecule has 1 aliphatic rings. The predicted molar refractivity (Wildman–Crippen MR) is 94.7 cm³/mol. The number of aryl methyl sites for hydroxylation is 1. The van der Waals surface area contributed by atoms with E-state index in [1.54, 1.807) is 0 Å². The zero-order valence-electron chi connectivity index (χ0n) is 13.9. The molecule has 0 unspecified atom stereocenters.